The van der Waals surface area contributed by atoms with Gasteiger partial charge in [-0.2, -0.15) is 0 Å². The number of carbonyl (C=O) groups excluding carboxylic acids is 1. The van der Waals surface area contributed by atoms with Crippen LogP contribution in [0.5, 0.6) is 0 Å². The van der Waals surface area contributed by atoms with Crippen LogP contribution in [0.2, 0.25) is 0 Å². The van der Waals surface area contributed by atoms with E-state index in [-0.39, 0.29) is 5.91 Å². The van der Waals surface area contributed by atoms with Gasteiger partial charge in [0.1, 0.15) is 0 Å². The van der Waals surface area contributed by atoms with Gasteiger partial charge in [-0.05, 0) is 55.5 Å². The molecule has 0 bridgehead atoms. The van der Waals surface area contributed by atoms with Gasteiger partial charge in [-0.15, -0.1) is 0 Å². The van der Waals surface area contributed by atoms with E-state index in [1.165, 1.54) is 0 Å². The van der Waals surface area contributed by atoms with Crippen LogP contribution in [-0.4, -0.2) is 49.4 Å². The molecule has 1 amide bonds. The molecule has 1 aromatic carbocycles. The van der Waals surface area contributed by atoms with E-state index < -0.39 is 0 Å². The van der Waals surface area contributed by atoms with Gasteiger partial charge in [-0.3, -0.25) is 4.79 Å². The van der Waals surface area contributed by atoms with Crippen molar-refractivity contribution in [3.8, 4) is 0 Å². The van der Waals surface area contributed by atoms with Gasteiger partial charge in [0.15, 0.2) is 0 Å². The molecule has 0 heterocycles. The Hall–Kier alpha value is -0.870. The molecule has 0 saturated carbocycles. The highest BCUT2D eigenvalue weighted by molar-refractivity contribution is 9.10. The molecule has 0 aliphatic heterocycles. The second-order valence-corrected chi connectivity index (χ2v) is 5.93. The van der Waals surface area contributed by atoms with Crippen molar-refractivity contribution < 1.29 is 4.79 Å². The molecule has 19 heavy (non-hydrogen) atoms. The van der Waals surface area contributed by atoms with Crippen LogP contribution in [0.3, 0.4) is 0 Å². The molecule has 0 aromatic heterocycles. The van der Waals surface area contributed by atoms with Crippen molar-refractivity contribution in [1.29, 1.82) is 0 Å². The monoisotopic (exact) mass is 326 g/mol. The van der Waals surface area contributed by atoms with Crippen molar-refractivity contribution in [1.82, 2.24) is 9.80 Å². The molecule has 0 atom stereocenters. The maximum absolute atomic E-state index is 12.6. The average Bonchev–Trinajstić information content (AvgIpc) is 2.36. The average molecular weight is 327 g/mol. The van der Waals surface area contributed by atoms with Gasteiger partial charge < -0.3 is 9.80 Å². The molecule has 1 rings (SSSR count). The Labute approximate surface area is 124 Å². The molecule has 0 aliphatic carbocycles. The highest BCUT2D eigenvalue weighted by Crippen LogP contribution is 2.20. The quantitative estimate of drug-likeness (QED) is 0.801. The van der Waals surface area contributed by atoms with Crippen molar-refractivity contribution >= 4 is 21.8 Å². The first-order valence-corrected chi connectivity index (χ1v) is 7.45. The molecule has 0 aliphatic rings. The van der Waals surface area contributed by atoms with E-state index in [0.29, 0.717) is 0 Å². The minimum Gasteiger partial charge on any atom is -0.337 e. The third kappa shape index (κ3) is 4.96. The fourth-order valence-corrected chi connectivity index (χ4v) is 2.30. The van der Waals surface area contributed by atoms with Gasteiger partial charge in [0.2, 0.25) is 0 Å². The van der Waals surface area contributed by atoms with Crippen LogP contribution in [0.4, 0.5) is 0 Å². The lowest BCUT2D eigenvalue weighted by atomic mass is 10.1. The normalized spacial score (nSPS) is 10.8. The summed E-state index contributed by atoms with van der Waals surface area (Å²) in [6.07, 6.45) is 0.975. The standard InChI is InChI=1S/C15H23BrN2O/c1-5-8-18(10-9-17(3)4)15(19)13-11-12(2)6-7-14(13)16/h6-7,11H,5,8-10H2,1-4H3. The summed E-state index contributed by atoms with van der Waals surface area (Å²) in [5.41, 5.74) is 1.86. The maximum Gasteiger partial charge on any atom is 0.255 e. The van der Waals surface area contributed by atoms with Crippen molar-refractivity contribution in [3.63, 3.8) is 0 Å². The Morgan fingerprint density at radius 2 is 1.89 bits per heavy atom. The molecule has 0 N–H and O–H groups in total. The Balaban J connectivity index is 2.88. The number of halogens is 1. The van der Waals surface area contributed by atoms with E-state index >= 15 is 0 Å². The molecule has 0 radical (unpaired) electrons. The topological polar surface area (TPSA) is 23.6 Å². The minimum atomic E-state index is 0.110. The summed E-state index contributed by atoms with van der Waals surface area (Å²) in [7, 11) is 4.05. The fourth-order valence-electron chi connectivity index (χ4n) is 1.88. The zero-order valence-electron chi connectivity index (χ0n) is 12.2. The summed E-state index contributed by atoms with van der Waals surface area (Å²) in [5, 5.41) is 0. The molecular formula is C15H23BrN2O. The third-order valence-corrected chi connectivity index (χ3v) is 3.64. The summed E-state index contributed by atoms with van der Waals surface area (Å²) in [6, 6.07) is 5.90. The molecule has 0 fully saturated rings. The lowest BCUT2D eigenvalue weighted by Gasteiger charge is -2.24. The second-order valence-electron chi connectivity index (χ2n) is 5.08. The highest BCUT2D eigenvalue weighted by atomic mass is 79.9. The van der Waals surface area contributed by atoms with Crippen molar-refractivity contribution in [3.05, 3.63) is 33.8 Å². The van der Waals surface area contributed by atoms with Crippen LogP contribution in [0, 0.1) is 6.92 Å². The zero-order valence-corrected chi connectivity index (χ0v) is 13.8. The number of nitrogens with zero attached hydrogens (tertiary/aromatic N) is 2. The molecule has 0 spiro atoms. The summed E-state index contributed by atoms with van der Waals surface area (Å²) in [6.45, 7) is 6.55. The number of benzene rings is 1. The second kappa shape index (κ2) is 7.65. The first kappa shape index (κ1) is 16.2. The van der Waals surface area contributed by atoms with E-state index in [2.05, 4.69) is 27.8 Å². The Bertz CT molecular complexity index is 432. The van der Waals surface area contributed by atoms with Crippen LogP contribution in [0.1, 0.15) is 29.3 Å². The van der Waals surface area contributed by atoms with Crippen molar-refractivity contribution in [2.45, 2.75) is 20.3 Å². The zero-order chi connectivity index (χ0) is 14.4. The molecule has 106 valence electrons. The summed E-state index contributed by atoms with van der Waals surface area (Å²) in [5.74, 6) is 0.110. The number of amides is 1. The van der Waals surface area contributed by atoms with E-state index in [0.717, 1.165) is 41.7 Å². The van der Waals surface area contributed by atoms with Crippen LogP contribution in [-0.2, 0) is 0 Å². The van der Waals surface area contributed by atoms with Gasteiger partial charge in [0, 0.05) is 24.1 Å². The van der Waals surface area contributed by atoms with Crippen molar-refractivity contribution in [2.75, 3.05) is 33.7 Å². The molecule has 0 unspecified atom stereocenters. The van der Waals surface area contributed by atoms with Crippen LogP contribution in [0.25, 0.3) is 0 Å². The predicted molar refractivity (Wildman–Crippen MR) is 83.6 cm³/mol. The summed E-state index contributed by atoms with van der Waals surface area (Å²) >= 11 is 3.47. The SMILES string of the molecule is CCCN(CCN(C)C)C(=O)c1cc(C)ccc1Br. The molecule has 3 nitrogen and oxygen atoms in total. The first-order valence-electron chi connectivity index (χ1n) is 6.65. The smallest absolute Gasteiger partial charge is 0.255 e. The minimum absolute atomic E-state index is 0.110. The lowest BCUT2D eigenvalue weighted by Crippen LogP contribution is -2.37. The van der Waals surface area contributed by atoms with Crippen molar-refractivity contribution in [2.24, 2.45) is 0 Å². The van der Waals surface area contributed by atoms with Crippen LogP contribution < -0.4 is 0 Å². The van der Waals surface area contributed by atoms with Gasteiger partial charge in [-0.1, -0.05) is 18.6 Å². The number of rotatable bonds is 6. The maximum atomic E-state index is 12.6. The summed E-state index contributed by atoms with van der Waals surface area (Å²) < 4.78 is 0.869. The first-order chi connectivity index (χ1) is 8.95. The fraction of sp³-hybridized carbons (Fsp3) is 0.533. The van der Waals surface area contributed by atoms with Gasteiger partial charge in [0.05, 0.1) is 5.56 Å². The van der Waals surface area contributed by atoms with Crippen LogP contribution >= 0.6 is 15.9 Å². The number of hydrogen-bond acceptors (Lipinski definition) is 2. The summed E-state index contributed by atoms with van der Waals surface area (Å²) in [4.78, 5) is 16.6. The van der Waals surface area contributed by atoms with E-state index in [4.69, 9.17) is 0 Å². The Morgan fingerprint density at radius 3 is 2.47 bits per heavy atom. The molecular weight excluding hydrogens is 304 g/mol. The number of hydrogen-bond donors (Lipinski definition) is 0. The molecule has 4 heteroatoms. The lowest BCUT2D eigenvalue weighted by molar-refractivity contribution is 0.0744. The van der Waals surface area contributed by atoms with E-state index in [9.17, 15) is 4.79 Å². The molecule has 1 aromatic rings. The largest absolute Gasteiger partial charge is 0.337 e. The van der Waals surface area contributed by atoms with Gasteiger partial charge in [0.25, 0.3) is 5.91 Å². The molecule has 0 saturated heterocycles. The number of likely N-dealkylation sites (N-methyl/N-ethyl adjacent to an activating group) is 1. The van der Waals surface area contributed by atoms with E-state index in [1.807, 2.05) is 44.1 Å². The number of carbonyl (C=O) groups is 1. The van der Waals surface area contributed by atoms with Crippen LogP contribution in [0.15, 0.2) is 22.7 Å². The predicted octanol–water partition coefficient (Wildman–Crippen LogP) is 3.17. The highest BCUT2D eigenvalue weighted by Gasteiger charge is 2.17. The number of aryl methyl sites for hydroxylation is 1. The van der Waals surface area contributed by atoms with E-state index in [1.54, 1.807) is 0 Å². The third-order valence-electron chi connectivity index (χ3n) is 2.95. The Kier molecular flexibility index (Phi) is 6.52. The van der Waals surface area contributed by atoms with Gasteiger partial charge in [-0.25, -0.2) is 0 Å². The van der Waals surface area contributed by atoms with Gasteiger partial charge >= 0.3 is 0 Å². The Morgan fingerprint density at radius 1 is 1.21 bits per heavy atom.